The average Bonchev–Trinajstić information content (AvgIpc) is 2.85. The third-order valence-electron chi connectivity index (χ3n) is 3.73. The number of nitrogens with zero attached hydrogens (tertiary/aromatic N) is 1. The van der Waals surface area contributed by atoms with Crippen molar-refractivity contribution < 1.29 is 4.79 Å². The van der Waals surface area contributed by atoms with Crippen molar-refractivity contribution in [2.24, 2.45) is 5.92 Å². The third-order valence-corrected chi connectivity index (χ3v) is 4.99. The van der Waals surface area contributed by atoms with Crippen molar-refractivity contribution in [3.8, 4) is 0 Å². The Morgan fingerprint density at radius 2 is 1.85 bits per heavy atom. The first-order valence-corrected chi connectivity index (χ1v) is 8.38. The van der Waals surface area contributed by atoms with Gasteiger partial charge in [-0.2, -0.15) is 0 Å². The molecule has 20 heavy (non-hydrogen) atoms. The molecule has 0 saturated carbocycles. The van der Waals surface area contributed by atoms with Gasteiger partial charge >= 0.3 is 0 Å². The quantitative estimate of drug-likeness (QED) is 0.813. The van der Waals surface area contributed by atoms with Crippen LogP contribution in [0.5, 0.6) is 0 Å². The molecule has 0 aliphatic carbocycles. The van der Waals surface area contributed by atoms with E-state index in [2.05, 4.69) is 45.0 Å². The minimum atomic E-state index is 0.0741. The molecule has 0 bridgehead atoms. The minimum Gasteiger partial charge on any atom is -0.326 e. The Morgan fingerprint density at radius 1 is 1.25 bits per heavy atom. The fraction of sp³-hybridized carbons (Fsp3) is 0.588. The van der Waals surface area contributed by atoms with E-state index >= 15 is 0 Å². The summed E-state index contributed by atoms with van der Waals surface area (Å²) in [7, 11) is 0. The number of amides is 1. The van der Waals surface area contributed by atoms with Gasteiger partial charge in [0.2, 0.25) is 5.91 Å². The van der Waals surface area contributed by atoms with Crippen LogP contribution in [0.2, 0.25) is 0 Å². The number of carbonyl (C=O) groups excluding carboxylic acids is 1. The van der Waals surface area contributed by atoms with Crippen LogP contribution in [0.4, 0.5) is 0 Å². The van der Waals surface area contributed by atoms with Crippen molar-refractivity contribution in [2.75, 3.05) is 12.3 Å². The predicted octanol–water partition coefficient (Wildman–Crippen LogP) is 4.21. The Bertz CT molecular complexity index is 473. The molecule has 1 saturated heterocycles. The van der Waals surface area contributed by atoms with Crippen LogP contribution in [0.1, 0.15) is 51.1 Å². The van der Waals surface area contributed by atoms with Crippen LogP contribution in [-0.2, 0) is 10.2 Å². The number of rotatable bonds is 2. The van der Waals surface area contributed by atoms with E-state index in [0.717, 1.165) is 12.3 Å². The molecule has 1 atom stereocenters. The summed E-state index contributed by atoms with van der Waals surface area (Å²) in [5, 5.41) is 0.193. The Balaban J connectivity index is 2.20. The molecule has 110 valence electrons. The number of hydrogen-bond donors (Lipinski definition) is 0. The van der Waals surface area contributed by atoms with E-state index < -0.39 is 0 Å². The van der Waals surface area contributed by atoms with Crippen LogP contribution >= 0.6 is 11.8 Å². The topological polar surface area (TPSA) is 20.3 Å². The highest BCUT2D eigenvalue weighted by atomic mass is 32.2. The lowest BCUT2D eigenvalue weighted by Gasteiger charge is -2.26. The number of carbonyl (C=O) groups is 1. The van der Waals surface area contributed by atoms with Gasteiger partial charge in [-0.05, 0) is 16.5 Å². The number of thioether (sulfide) groups is 1. The van der Waals surface area contributed by atoms with Crippen molar-refractivity contribution in [1.82, 2.24) is 4.90 Å². The maximum absolute atomic E-state index is 12.3. The minimum absolute atomic E-state index is 0.0741. The molecule has 2 nitrogen and oxygen atoms in total. The number of hydrogen-bond acceptors (Lipinski definition) is 2. The van der Waals surface area contributed by atoms with Crippen molar-refractivity contribution in [3.05, 3.63) is 35.4 Å². The Labute approximate surface area is 126 Å². The molecule has 0 spiro atoms. The highest BCUT2D eigenvalue weighted by Crippen LogP contribution is 2.39. The lowest BCUT2D eigenvalue weighted by molar-refractivity contribution is -0.134. The van der Waals surface area contributed by atoms with E-state index in [1.165, 1.54) is 11.1 Å². The van der Waals surface area contributed by atoms with Crippen LogP contribution < -0.4 is 0 Å². The van der Waals surface area contributed by atoms with Gasteiger partial charge in [0, 0.05) is 18.2 Å². The van der Waals surface area contributed by atoms with Crippen molar-refractivity contribution in [1.29, 1.82) is 0 Å². The molecule has 0 N–H and O–H groups in total. The van der Waals surface area contributed by atoms with Gasteiger partial charge in [-0.1, -0.05) is 58.9 Å². The van der Waals surface area contributed by atoms with Crippen LogP contribution in [0, 0.1) is 5.92 Å². The molecule has 1 amide bonds. The highest BCUT2D eigenvalue weighted by Gasteiger charge is 2.31. The van der Waals surface area contributed by atoms with Gasteiger partial charge in [0.1, 0.15) is 5.37 Å². The summed E-state index contributed by atoms with van der Waals surface area (Å²) in [5.41, 5.74) is 2.76. The zero-order chi connectivity index (χ0) is 14.9. The van der Waals surface area contributed by atoms with E-state index in [4.69, 9.17) is 0 Å². The van der Waals surface area contributed by atoms with Crippen LogP contribution in [0.15, 0.2) is 24.3 Å². The lowest BCUT2D eigenvalue weighted by Crippen LogP contribution is -2.33. The zero-order valence-corrected chi connectivity index (χ0v) is 14.0. The van der Waals surface area contributed by atoms with Crippen molar-refractivity contribution >= 4 is 17.7 Å². The summed E-state index contributed by atoms with van der Waals surface area (Å²) in [5.74, 6) is 1.37. The van der Waals surface area contributed by atoms with Gasteiger partial charge in [-0.3, -0.25) is 4.79 Å². The van der Waals surface area contributed by atoms with Crippen LogP contribution in [0.3, 0.4) is 0 Å². The second-order valence-electron chi connectivity index (χ2n) is 6.78. The van der Waals surface area contributed by atoms with Crippen molar-refractivity contribution in [3.63, 3.8) is 0 Å². The maximum Gasteiger partial charge on any atom is 0.226 e. The molecule has 1 aromatic rings. The molecule has 2 rings (SSSR count). The Hall–Kier alpha value is -0.960. The van der Waals surface area contributed by atoms with E-state index in [1.54, 1.807) is 0 Å². The first-order chi connectivity index (χ1) is 9.30. The Kier molecular flexibility index (Phi) is 4.48. The third kappa shape index (κ3) is 3.20. The van der Waals surface area contributed by atoms with E-state index in [0.29, 0.717) is 0 Å². The largest absolute Gasteiger partial charge is 0.326 e. The van der Waals surface area contributed by atoms with Gasteiger partial charge in [0.05, 0.1) is 0 Å². The van der Waals surface area contributed by atoms with Crippen LogP contribution in [0.25, 0.3) is 0 Å². The number of benzene rings is 1. The Morgan fingerprint density at radius 3 is 2.35 bits per heavy atom. The van der Waals surface area contributed by atoms with Gasteiger partial charge < -0.3 is 4.90 Å². The summed E-state index contributed by atoms with van der Waals surface area (Å²) in [6.07, 6.45) is 0. The molecular weight excluding hydrogens is 266 g/mol. The monoisotopic (exact) mass is 291 g/mol. The molecule has 0 radical (unpaired) electrons. The lowest BCUT2D eigenvalue weighted by atomic mass is 9.86. The van der Waals surface area contributed by atoms with E-state index in [1.807, 2.05) is 30.5 Å². The average molecular weight is 291 g/mol. The molecule has 3 heteroatoms. The normalized spacial score (nSPS) is 19.7. The second-order valence-corrected chi connectivity index (χ2v) is 7.97. The summed E-state index contributed by atoms with van der Waals surface area (Å²) in [4.78, 5) is 14.3. The zero-order valence-electron chi connectivity index (χ0n) is 13.1. The molecule has 1 unspecified atom stereocenters. The fourth-order valence-electron chi connectivity index (χ4n) is 2.45. The molecular formula is C17H25NOS. The van der Waals surface area contributed by atoms with Gasteiger partial charge in [-0.15, -0.1) is 11.8 Å². The fourth-order valence-corrected chi connectivity index (χ4v) is 3.72. The maximum atomic E-state index is 12.3. The van der Waals surface area contributed by atoms with E-state index in [-0.39, 0.29) is 22.6 Å². The summed E-state index contributed by atoms with van der Waals surface area (Å²) in [6.45, 7) is 11.5. The van der Waals surface area contributed by atoms with Crippen LogP contribution in [-0.4, -0.2) is 23.1 Å². The summed E-state index contributed by atoms with van der Waals surface area (Å²) < 4.78 is 0. The molecule has 1 aliphatic heterocycles. The molecule has 1 heterocycles. The van der Waals surface area contributed by atoms with Gasteiger partial charge in [0.25, 0.3) is 0 Å². The van der Waals surface area contributed by atoms with Crippen molar-refractivity contribution in [2.45, 2.75) is 45.4 Å². The molecule has 1 aliphatic rings. The predicted molar refractivity (Wildman–Crippen MR) is 86.9 cm³/mol. The second kappa shape index (κ2) is 5.80. The summed E-state index contributed by atoms with van der Waals surface area (Å²) >= 11 is 1.87. The molecule has 0 aromatic heterocycles. The first-order valence-electron chi connectivity index (χ1n) is 7.33. The van der Waals surface area contributed by atoms with Gasteiger partial charge in [0.15, 0.2) is 0 Å². The standard InChI is InChI=1S/C17H25NOS/c1-12(2)15(19)18-10-11-20-16(18)13-6-8-14(9-7-13)17(3,4)5/h6-9,12,16H,10-11H2,1-5H3. The van der Waals surface area contributed by atoms with E-state index in [9.17, 15) is 4.79 Å². The molecule has 1 fully saturated rings. The molecule has 1 aromatic carbocycles. The SMILES string of the molecule is CC(C)C(=O)N1CCSC1c1ccc(C(C)(C)C)cc1. The highest BCUT2D eigenvalue weighted by molar-refractivity contribution is 7.99. The smallest absolute Gasteiger partial charge is 0.226 e. The first kappa shape index (κ1) is 15.4. The van der Waals surface area contributed by atoms with Gasteiger partial charge in [-0.25, -0.2) is 0 Å². The summed E-state index contributed by atoms with van der Waals surface area (Å²) in [6, 6.07) is 8.77.